The largest absolute Gasteiger partial charge is 0.330 e. The van der Waals surface area contributed by atoms with E-state index in [0.717, 1.165) is 24.3 Å². The molecule has 19 heavy (non-hydrogen) atoms. The summed E-state index contributed by atoms with van der Waals surface area (Å²) in [5.74, 6) is 3.22. The van der Waals surface area contributed by atoms with Crippen LogP contribution in [-0.2, 0) is 0 Å². The maximum absolute atomic E-state index is 5.63. The van der Waals surface area contributed by atoms with Crippen LogP contribution in [0.3, 0.4) is 0 Å². The van der Waals surface area contributed by atoms with Gasteiger partial charge in [-0.2, -0.15) is 0 Å². The third kappa shape index (κ3) is 5.10. The molecule has 0 atom stereocenters. The first-order valence-electron chi connectivity index (χ1n) is 9.12. The number of unbranched alkanes of at least 4 members (excludes halogenated alkanes) is 2. The molecule has 0 amide bonds. The Balaban J connectivity index is 1.83. The zero-order valence-electron chi connectivity index (χ0n) is 12.9. The Morgan fingerprint density at radius 1 is 0.684 bits per heavy atom. The van der Waals surface area contributed by atoms with Gasteiger partial charge in [-0.05, 0) is 37.1 Å². The molecule has 0 heterocycles. The Bertz CT molecular complexity index is 196. The van der Waals surface area contributed by atoms with Crippen molar-refractivity contribution >= 4 is 0 Å². The molecule has 0 aromatic rings. The van der Waals surface area contributed by atoms with Crippen LogP contribution >= 0.6 is 0 Å². The van der Waals surface area contributed by atoms with E-state index in [1.807, 2.05) is 0 Å². The molecule has 0 spiro atoms. The van der Waals surface area contributed by atoms with Crippen LogP contribution < -0.4 is 5.73 Å². The van der Waals surface area contributed by atoms with E-state index in [0.29, 0.717) is 0 Å². The molecule has 0 radical (unpaired) electrons. The first-order valence-corrected chi connectivity index (χ1v) is 9.12. The topological polar surface area (TPSA) is 26.0 Å². The number of hydrogen-bond donors (Lipinski definition) is 1. The lowest BCUT2D eigenvalue weighted by molar-refractivity contribution is 0.132. The normalized spacial score (nSPS) is 23.1. The van der Waals surface area contributed by atoms with E-state index >= 15 is 0 Å². The van der Waals surface area contributed by atoms with Crippen LogP contribution in [0, 0.1) is 17.8 Å². The summed E-state index contributed by atoms with van der Waals surface area (Å²) in [5.41, 5.74) is 5.63. The Kier molecular flexibility index (Phi) is 7.27. The summed E-state index contributed by atoms with van der Waals surface area (Å²) in [6.45, 7) is 0.886. The minimum absolute atomic E-state index is 0.886. The predicted octanol–water partition coefficient (Wildman–Crippen LogP) is 5.28. The van der Waals surface area contributed by atoms with Gasteiger partial charge in [0.15, 0.2) is 0 Å². The number of hydrogen-bond acceptors (Lipinski definition) is 1. The SMILES string of the molecule is NCCCCCC(C1CCCCC1)C1CCCCC1. The highest BCUT2D eigenvalue weighted by Gasteiger charge is 2.30. The minimum atomic E-state index is 0.886. The van der Waals surface area contributed by atoms with Crippen molar-refractivity contribution in [2.45, 2.75) is 89.9 Å². The number of nitrogens with two attached hydrogens (primary N) is 1. The van der Waals surface area contributed by atoms with Crippen molar-refractivity contribution in [1.82, 2.24) is 0 Å². The van der Waals surface area contributed by atoms with Gasteiger partial charge < -0.3 is 5.73 Å². The third-order valence-corrected chi connectivity index (χ3v) is 5.75. The Morgan fingerprint density at radius 2 is 1.21 bits per heavy atom. The molecule has 0 unspecified atom stereocenters. The van der Waals surface area contributed by atoms with Crippen molar-refractivity contribution in [3.05, 3.63) is 0 Å². The first-order chi connectivity index (χ1) is 9.42. The molecular formula is C18H35N. The van der Waals surface area contributed by atoms with Crippen molar-refractivity contribution in [1.29, 1.82) is 0 Å². The van der Waals surface area contributed by atoms with Gasteiger partial charge in [0.05, 0.1) is 0 Å². The highest BCUT2D eigenvalue weighted by Crippen LogP contribution is 2.42. The molecule has 2 aliphatic rings. The molecule has 0 bridgehead atoms. The fourth-order valence-corrected chi connectivity index (χ4v) is 4.68. The molecule has 0 saturated heterocycles. The fraction of sp³-hybridized carbons (Fsp3) is 1.00. The summed E-state index contributed by atoms with van der Waals surface area (Å²) in [5, 5.41) is 0. The molecular weight excluding hydrogens is 230 g/mol. The van der Waals surface area contributed by atoms with E-state index in [-0.39, 0.29) is 0 Å². The van der Waals surface area contributed by atoms with E-state index < -0.39 is 0 Å². The van der Waals surface area contributed by atoms with Crippen molar-refractivity contribution in [2.24, 2.45) is 23.5 Å². The molecule has 2 aliphatic carbocycles. The average molecular weight is 265 g/mol. The van der Waals surface area contributed by atoms with Crippen molar-refractivity contribution in [3.8, 4) is 0 Å². The van der Waals surface area contributed by atoms with E-state index in [1.165, 1.54) is 89.9 Å². The quantitative estimate of drug-likeness (QED) is 0.622. The smallest absolute Gasteiger partial charge is 0.00773 e. The first kappa shape index (κ1) is 15.4. The summed E-state index contributed by atoms with van der Waals surface area (Å²) in [6.07, 6.45) is 20.8. The molecule has 1 heteroatoms. The highest BCUT2D eigenvalue weighted by molar-refractivity contribution is 4.81. The summed E-state index contributed by atoms with van der Waals surface area (Å²) in [6, 6.07) is 0. The third-order valence-electron chi connectivity index (χ3n) is 5.75. The summed E-state index contributed by atoms with van der Waals surface area (Å²) in [4.78, 5) is 0. The second kappa shape index (κ2) is 9.00. The Hall–Kier alpha value is -0.0400. The van der Waals surface area contributed by atoms with Crippen molar-refractivity contribution < 1.29 is 0 Å². The van der Waals surface area contributed by atoms with Gasteiger partial charge in [-0.3, -0.25) is 0 Å². The van der Waals surface area contributed by atoms with Crippen LogP contribution in [-0.4, -0.2) is 6.54 Å². The summed E-state index contributed by atoms with van der Waals surface area (Å²) >= 11 is 0. The monoisotopic (exact) mass is 265 g/mol. The van der Waals surface area contributed by atoms with Gasteiger partial charge in [-0.1, -0.05) is 77.0 Å². The van der Waals surface area contributed by atoms with Crippen LogP contribution in [0.15, 0.2) is 0 Å². The van der Waals surface area contributed by atoms with E-state index in [1.54, 1.807) is 0 Å². The maximum Gasteiger partial charge on any atom is -0.00773 e. The van der Waals surface area contributed by atoms with Gasteiger partial charge in [-0.15, -0.1) is 0 Å². The molecule has 2 fully saturated rings. The second-order valence-corrected chi connectivity index (χ2v) is 7.10. The van der Waals surface area contributed by atoms with Gasteiger partial charge in [0, 0.05) is 0 Å². The van der Waals surface area contributed by atoms with Crippen LogP contribution in [0.2, 0.25) is 0 Å². The molecule has 2 N–H and O–H groups in total. The lowest BCUT2D eigenvalue weighted by Crippen LogP contribution is -2.27. The zero-order valence-corrected chi connectivity index (χ0v) is 12.9. The maximum atomic E-state index is 5.63. The lowest BCUT2D eigenvalue weighted by Gasteiger charge is -2.38. The van der Waals surface area contributed by atoms with Gasteiger partial charge in [0.1, 0.15) is 0 Å². The predicted molar refractivity (Wildman–Crippen MR) is 84.2 cm³/mol. The molecule has 2 rings (SSSR count). The van der Waals surface area contributed by atoms with Gasteiger partial charge in [-0.25, -0.2) is 0 Å². The summed E-state index contributed by atoms with van der Waals surface area (Å²) in [7, 11) is 0. The second-order valence-electron chi connectivity index (χ2n) is 7.10. The minimum Gasteiger partial charge on any atom is -0.330 e. The fourth-order valence-electron chi connectivity index (χ4n) is 4.68. The van der Waals surface area contributed by atoms with E-state index in [4.69, 9.17) is 5.73 Å². The van der Waals surface area contributed by atoms with Crippen LogP contribution in [0.1, 0.15) is 89.9 Å². The van der Waals surface area contributed by atoms with Crippen LogP contribution in [0.25, 0.3) is 0 Å². The molecule has 0 aromatic heterocycles. The molecule has 1 nitrogen and oxygen atoms in total. The lowest BCUT2D eigenvalue weighted by atomic mass is 9.68. The van der Waals surface area contributed by atoms with E-state index in [2.05, 4.69) is 0 Å². The van der Waals surface area contributed by atoms with Crippen molar-refractivity contribution in [3.63, 3.8) is 0 Å². The zero-order chi connectivity index (χ0) is 13.3. The van der Waals surface area contributed by atoms with Gasteiger partial charge in [0.25, 0.3) is 0 Å². The summed E-state index contributed by atoms with van der Waals surface area (Å²) < 4.78 is 0. The molecule has 2 saturated carbocycles. The molecule has 112 valence electrons. The standard InChI is InChI=1S/C18H35N/c19-15-9-3-8-14-18(16-10-4-1-5-11-16)17-12-6-2-7-13-17/h16-18H,1-15,19H2. The number of rotatable bonds is 7. The van der Waals surface area contributed by atoms with Crippen LogP contribution in [0.4, 0.5) is 0 Å². The van der Waals surface area contributed by atoms with Crippen molar-refractivity contribution in [2.75, 3.05) is 6.54 Å². The average Bonchev–Trinajstić information content (AvgIpc) is 2.49. The van der Waals surface area contributed by atoms with Gasteiger partial charge in [0.2, 0.25) is 0 Å². The van der Waals surface area contributed by atoms with E-state index in [9.17, 15) is 0 Å². The Labute approximate surface area is 120 Å². The molecule has 0 aliphatic heterocycles. The molecule has 0 aromatic carbocycles. The van der Waals surface area contributed by atoms with Crippen LogP contribution in [0.5, 0.6) is 0 Å². The highest BCUT2D eigenvalue weighted by atomic mass is 14.5. The Morgan fingerprint density at radius 3 is 1.68 bits per heavy atom. The van der Waals surface area contributed by atoms with Gasteiger partial charge >= 0.3 is 0 Å².